The fourth-order valence-electron chi connectivity index (χ4n) is 0.295. The Kier molecular flexibility index (Phi) is 10.0. The molecule has 7 heavy (non-hydrogen) atoms. The molecule has 1 unspecified atom stereocenters. The molecule has 0 aliphatic carbocycles. The summed E-state index contributed by atoms with van der Waals surface area (Å²) in [6, 6.07) is 0. The molecule has 0 amide bonds. The Morgan fingerprint density at radius 2 is 2.14 bits per heavy atom. The van der Waals surface area contributed by atoms with E-state index in [1.54, 1.807) is 6.92 Å². The SMILES string of the molecule is CCNC(C)O.[Ti]. The number of hydrogen-bond acceptors (Lipinski definition) is 2. The zero-order valence-corrected chi connectivity index (χ0v) is 6.29. The molecule has 0 saturated carbocycles. The molecular weight excluding hydrogens is 126 g/mol. The molecule has 0 radical (unpaired) electrons. The van der Waals surface area contributed by atoms with Gasteiger partial charge in [0.25, 0.3) is 0 Å². The van der Waals surface area contributed by atoms with Crippen LogP contribution in [0.25, 0.3) is 0 Å². The largest absolute Gasteiger partial charge is 0.379 e. The minimum atomic E-state index is -0.352. The van der Waals surface area contributed by atoms with Crippen LogP contribution in [0.3, 0.4) is 0 Å². The van der Waals surface area contributed by atoms with Gasteiger partial charge in [-0.1, -0.05) is 6.92 Å². The minimum absolute atomic E-state index is 0. The Hall–Kier alpha value is 0.634. The van der Waals surface area contributed by atoms with Gasteiger partial charge < -0.3 is 5.11 Å². The fourth-order valence-corrected chi connectivity index (χ4v) is 0.295. The first-order valence-electron chi connectivity index (χ1n) is 2.18. The molecule has 3 heteroatoms. The van der Waals surface area contributed by atoms with Gasteiger partial charge in [0.1, 0.15) is 6.23 Å². The van der Waals surface area contributed by atoms with Crippen LogP contribution in [0.1, 0.15) is 13.8 Å². The van der Waals surface area contributed by atoms with E-state index in [0.29, 0.717) is 0 Å². The first kappa shape index (κ1) is 10.6. The molecule has 0 aromatic carbocycles. The monoisotopic (exact) mass is 137 g/mol. The van der Waals surface area contributed by atoms with Crippen molar-refractivity contribution in [2.75, 3.05) is 6.54 Å². The zero-order valence-electron chi connectivity index (χ0n) is 4.73. The first-order chi connectivity index (χ1) is 2.77. The molecule has 2 N–H and O–H groups in total. The van der Waals surface area contributed by atoms with E-state index in [0.717, 1.165) is 6.54 Å². The van der Waals surface area contributed by atoms with Crippen molar-refractivity contribution >= 4 is 0 Å². The van der Waals surface area contributed by atoms with Gasteiger partial charge in [0.15, 0.2) is 0 Å². The Balaban J connectivity index is 0. The van der Waals surface area contributed by atoms with Crippen molar-refractivity contribution < 1.29 is 26.8 Å². The predicted octanol–water partition coefficient (Wildman–Crippen LogP) is -0.0683. The molecule has 0 aromatic rings. The normalized spacial score (nSPS) is 12.4. The summed E-state index contributed by atoms with van der Waals surface area (Å²) in [5.41, 5.74) is 0. The van der Waals surface area contributed by atoms with Gasteiger partial charge in [0.2, 0.25) is 0 Å². The van der Waals surface area contributed by atoms with Crippen molar-refractivity contribution in [1.82, 2.24) is 5.32 Å². The van der Waals surface area contributed by atoms with Crippen molar-refractivity contribution in [3.05, 3.63) is 0 Å². The number of aliphatic hydroxyl groups excluding tert-OH is 1. The topological polar surface area (TPSA) is 32.3 Å². The van der Waals surface area contributed by atoms with E-state index in [-0.39, 0.29) is 27.9 Å². The van der Waals surface area contributed by atoms with Crippen molar-refractivity contribution in [3.8, 4) is 0 Å². The summed E-state index contributed by atoms with van der Waals surface area (Å²) in [7, 11) is 0. The van der Waals surface area contributed by atoms with Crippen molar-refractivity contribution in [2.45, 2.75) is 20.1 Å². The third kappa shape index (κ3) is 10.8. The van der Waals surface area contributed by atoms with Crippen LogP contribution in [-0.2, 0) is 21.7 Å². The maximum Gasteiger partial charge on any atom is 0.102 e. The van der Waals surface area contributed by atoms with Crippen LogP contribution >= 0.6 is 0 Å². The molecule has 0 fully saturated rings. The molecule has 0 rings (SSSR count). The summed E-state index contributed by atoms with van der Waals surface area (Å²) in [5.74, 6) is 0. The van der Waals surface area contributed by atoms with E-state index in [1.807, 2.05) is 6.92 Å². The van der Waals surface area contributed by atoms with Crippen molar-refractivity contribution in [1.29, 1.82) is 0 Å². The van der Waals surface area contributed by atoms with Crippen LogP contribution in [0, 0.1) is 0 Å². The smallest absolute Gasteiger partial charge is 0.102 e. The van der Waals surface area contributed by atoms with E-state index in [4.69, 9.17) is 5.11 Å². The van der Waals surface area contributed by atoms with E-state index in [1.165, 1.54) is 0 Å². The summed E-state index contributed by atoms with van der Waals surface area (Å²) in [6.45, 7) is 4.48. The van der Waals surface area contributed by atoms with E-state index < -0.39 is 0 Å². The van der Waals surface area contributed by atoms with Crippen LogP contribution < -0.4 is 5.32 Å². The van der Waals surface area contributed by atoms with E-state index in [2.05, 4.69) is 5.32 Å². The number of aliphatic hydroxyl groups is 1. The van der Waals surface area contributed by atoms with Crippen LogP contribution in [0.2, 0.25) is 0 Å². The second kappa shape index (κ2) is 6.63. The molecular formula is C4H11NOTi. The quantitative estimate of drug-likeness (QED) is 0.412. The molecule has 0 saturated heterocycles. The average Bonchev–Trinajstić information content (AvgIpc) is 1.35. The summed E-state index contributed by atoms with van der Waals surface area (Å²) >= 11 is 0. The van der Waals surface area contributed by atoms with Crippen molar-refractivity contribution in [2.24, 2.45) is 0 Å². The van der Waals surface area contributed by atoms with Crippen LogP contribution in [0.5, 0.6) is 0 Å². The first-order valence-corrected chi connectivity index (χ1v) is 2.18. The molecule has 0 aliphatic heterocycles. The average molecular weight is 137 g/mol. The van der Waals surface area contributed by atoms with Crippen LogP contribution in [0.15, 0.2) is 0 Å². The molecule has 42 valence electrons. The van der Waals surface area contributed by atoms with Gasteiger partial charge in [-0.3, -0.25) is 5.32 Å². The molecule has 1 atom stereocenters. The molecule has 0 heterocycles. The van der Waals surface area contributed by atoms with E-state index >= 15 is 0 Å². The van der Waals surface area contributed by atoms with Gasteiger partial charge in [-0.15, -0.1) is 0 Å². The summed E-state index contributed by atoms with van der Waals surface area (Å²) in [5, 5.41) is 11.2. The molecule has 0 spiro atoms. The summed E-state index contributed by atoms with van der Waals surface area (Å²) in [6.07, 6.45) is -0.352. The Labute approximate surface area is 59.2 Å². The van der Waals surface area contributed by atoms with Gasteiger partial charge >= 0.3 is 0 Å². The second-order valence-electron chi connectivity index (χ2n) is 1.23. The van der Waals surface area contributed by atoms with Gasteiger partial charge in [0.05, 0.1) is 0 Å². The maximum atomic E-state index is 8.44. The zero-order chi connectivity index (χ0) is 4.99. The minimum Gasteiger partial charge on any atom is -0.379 e. The Morgan fingerprint density at radius 1 is 1.71 bits per heavy atom. The van der Waals surface area contributed by atoms with Gasteiger partial charge in [-0.2, -0.15) is 0 Å². The fraction of sp³-hybridized carbons (Fsp3) is 1.00. The predicted molar refractivity (Wildman–Crippen MR) is 25.4 cm³/mol. The molecule has 0 aromatic heterocycles. The summed E-state index contributed by atoms with van der Waals surface area (Å²) in [4.78, 5) is 0. The van der Waals surface area contributed by atoms with Gasteiger partial charge in [0, 0.05) is 21.7 Å². The third-order valence-electron chi connectivity index (χ3n) is 0.500. The number of hydrogen-bond donors (Lipinski definition) is 2. The van der Waals surface area contributed by atoms with Gasteiger partial charge in [-0.05, 0) is 13.5 Å². The van der Waals surface area contributed by atoms with Crippen LogP contribution in [-0.4, -0.2) is 17.9 Å². The Morgan fingerprint density at radius 3 is 2.14 bits per heavy atom. The van der Waals surface area contributed by atoms with Gasteiger partial charge in [-0.25, -0.2) is 0 Å². The van der Waals surface area contributed by atoms with Crippen LogP contribution in [0.4, 0.5) is 0 Å². The standard InChI is InChI=1S/C4H11NO.Ti/c1-3-5-4(2)6;/h4-6H,3H2,1-2H3;. The molecule has 2 nitrogen and oxygen atoms in total. The summed E-state index contributed by atoms with van der Waals surface area (Å²) < 4.78 is 0. The maximum absolute atomic E-state index is 8.44. The molecule has 0 bridgehead atoms. The van der Waals surface area contributed by atoms with Crippen molar-refractivity contribution in [3.63, 3.8) is 0 Å². The number of nitrogens with one attached hydrogen (secondary N) is 1. The third-order valence-corrected chi connectivity index (χ3v) is 0.500. The second-order valence-corrected chi connectivity index (χ2v) is 1.23. The number of rotatable bonds is 2. The van der Waals surface area contributed by atoms with E-state index in [9.17, 15) is 0 Å². The Bertz CT molecular complexity index is 32.9. The molecule has 0 aliphatic rings.